The molecule has 0 aliphatic carbocycles. The van der Waals surface area contributed by atoms with Crippen molar-refractivity contribution in [1.29, 1.82) is 0 Å². The summed E-state index contributed by atoms with van der Waals surface area (Å²) in [6.45, 7) is 3.58. The predicted molar refractivity (Wildman–Crippen MR) is 79.8 cm³/mol. The Kier molecular flexibility index (Phi) is 5.83. The predicted octanol–water partition coefficient (Wildman–Crippen LogP) is 2.07. The van der Waals surface area contributed by atoms with E-state index in [2.05, 4.69) is 10.2 Å². The Morgan fingerprint density at radius 2 is 2.20 bits per heavy atom. The van der Waals surface area contributed by atoms with Crippen LogP contribution in [0.5, 0.6) is 0 Å². The van der Waals surface area contributed by atoms with Gasteiger partial charge < -0.3 is 10.1 Å². The molecule has 1 N–H and O–H groups in total. The lowest BCUT2D eigenvalue weighted by Gasteiger charge is -2.28. The summed E-state index contributed by atoms with van der Waals surface area (Å²) in [5, 5.41) is 4.12. The van der Waals surface area contributed by atoms with Crippen molar-refractivity contribution in [2.75, 3.05) is 26.7 Å². The second-order valence-electron chi connectivity index (χ2n) is 5.07. The molecule has 1 saturated heterocycles. The molecule has 0 radical (unpaired) electrons. The highest BCUT2D eigenvalue weighted by Gasteiger charge is 2.22. The highest BCUT2D eigenvalue weighted by molar-refractivity contribution is 6.30. The number of nitrogens with one attached hydrogen (secondary N) is 1. The summed E-state index contributed by atoms with van der Waals surface area (Å²) in [6.07, 6.45) is 1.55. The molecule has 0 aromatic heterocycles. The molecule has 110 valence electrons. The molecular formula is C15H21ClN2O2. The van der Waals surface area contributed by atoms with Gasteiger partial charge in [0.2, 0.25) is 0 Å². The molecular weight excluding hydrogens is 276 g/mol. The molecule has 1 atom stereocenters. The maximum atomic E-state index is 11.3. The molecule has 5 heteroatoms. The fourth-order valence-corrected chi connectivity index (χ4v) is 2.63. The number of esters is 1. The van der Waals surface area contributed by atoms with Crippen molar-refractivity contribution in [1.82, 2.24) is 10.2 Å². The number of rotatable bonds is 6. The van der Waals surface area contributed by atoms with Crippen LogP contribution >= 0.6 is 11.6 Å². The van der Waals surface area contributed by atoms with Crippen LogP contribution in [0.3, 0.4) is 0 Å². The Bertz CT molecular complexity index is 430. The third-order valence-electron chi connectivity index (χ3n) is 3.68. The average Bonchev–Trinajstić information content (AvgIpc) is 2.99. The standard InChI is InChI=1S/C15H21ClN2O2/c1-20-15(19)7-9-18(14-6-8-17-10-14)11-12-2-4-13(16)5-3-12/h2-5,14,17H,6-11H2,1H3. The van der Waals surface area contributed by atoms with Gasteiger partial charge in [0.15, 0.2) is 0 Å². The van der Waals surface area contributed by atoms with Gasteiger partial charge in [-0.3, -0.25) is 9.69 Å². The van der Waals surface area contributed by atoms with E-state index in [0.29, 0.717) is 12.5 Å². The molecule has 0 saturated carbocycles. The minimum atomic E-state index is -0.155. The first kappa shape index (κ1) is 15.3. The molecule has 1 aromatic carbocycles. The third kappa shape index (κ3) is 4.47. The van der Waals surface area contributed by atoms with Gasteiger partial charge >= 0.3 is 5.97 Å². The normalized spacial score (nSPS) is 18.4. The van der Waals surface area contributed by atoms with Crippen LogP contribution < -0.4 is 5.32 Å². The van der Waals surface area contributed by atoms with E-state index in [0.717, 1.165) is 37.6 Å². The highest BCUT2D eigenvalue weighted by Crippen LogP contribution is 2.16. The quantitative estimate of drug-likeness (QED) is 0.816. The van der Waals surface area contributed by atoms with E-state index < -0.39 is 0 Å². The van der Waals surface area contributed by atoms with Gasteiger partial charge in [-0.15, -0.1) is 0 Å². The summed E-state index contributed by atoms with van der Waals surface area (Å²) < 4.78 is 4.73. The SMILES string of the molecule is COC(=O)CCN(Cc1ccc(Cl)cc1)C1CCNC1. The van der Waals surface area contributed by atoms with Gasteiger partial charge in [-0.2, -0.15) is 0 Å². The summed E-state index contributed by atoms with van der Waals surface area (Å²) >= 11 is 5.91. The van der Waals surface area contributed by atoms with Crippen molar-refractivity contribution in [3.8, 4) is 0 Å². The Morgan fingerprint density at radius 1 is 1.45 bits per heavy atom. The lowest BCUT2D eigenvalue weighted by molar-refractivity contribution is -0.141. The molecule has 2 rings (SSSR count). The van der Waals surface area contributed by atoms with Crippen molar-refractivity contribution in [2.45, 2.75) is 25.4 Å². The average molecular weight is 297 g/mol. The zero-order chi connectivity index (χ0) is 14.4. The fourth-order valence-electron chi connectivity index (χ4n) is 2.50. The summed E-state index contributed by atoms with van der Waals surface area (Å²) in [7, 11) is 1.43. The van der Waals surface area contributed by atoms with E-state index in [1.165, 1.54) is 12.7 Å². The second-order valence-corrected chi connectivity index (χ2v) is 5.51. The Hall–Kier alpha value is -1.10. The van der Waals surface area contributed by atoms with Crippen LogP contribution in [0.15, 0.2) is 24.3 Å². The van der Waals surface area contributed by atoms with E-state index in [-0.39, 0.29) is 5.97 Å². The smallest absolute Gasteiger partial charge is 0.306 e. The van der Waals surface area contributed by atoms with Gasteiger partial charge in [0.1, 0.15) is 0 Å². The maximum absolute atomic E-state index is 11.3. The number of hydrogen-bond acceptors (Lipinski definition) is 4. The highest BCUT2D eigenvalue weighted by atomic mass is 35.5. The van der Waals surface area contributed by atoms with Crippen LogP contribution in [-0.4, -0.2) is 43.7 Å². The third-order valence-corrected chi connectivity index (χ3v) is 3.93. The van der Waals surface area contributed by atoms with Crippen molar-refractivity contribution in [2.24, 2.45) is 0 Å². The number of methoxy groups -OCH3 is 1. The minimum Gasteiger partial charge on any atom is -0.469 e. The molecule has 1 aliphatic rings. The van der Waals surface area contributed by atoms with Crippen LogP contribution in [0.25, 0.3) is 0 Å². The van der Waals surface area contributed by atoms with Crippen molar-refractivity contribution in [3.63, 3.8) is 0 Å². The first-order valence-corrected chi connectivity index (χ1v) is 7.33. The molecule has 1 aromatic rings. The zero-order valence-electron chi connectivity index (χ0n) is 11.8. The van der Waals surface area contributed by atoms with Gasteiger partial charge in [0.25, 0.3) is 0 Å². The Labute approximate surface area is 125 Å². The second kappa shape index (κ2) is 7.62. The molecule has 0 spiro atoms. The summed E-state index contributed by atoms with van der Waals surface area (Å²) in [6, 6.07) is 8.37. The Balaban J connectivity index is 1.97. The number of benzene rings is 1. The molecule has 1 heterocycles. The fraction of sp³-hybridized carbons (Fsp3) is 0.533. The first-order chi connectivity index (χ1) is 9.69. The molecule has 1 unspecified atom stereocenters. The van der Waals surface area contributed by atoms with Crippen LogP contribution in [0, 0.1) is 0 Å². The van der Waals surface area contributed by atoms with E-state index in [1.807, 2.05) is 24.3 Å². The monoisotopic (exact) mass is 296 g/mol. The number of ether oxygens (including phenoxy) is 1. The molecule has 0 bridgehead atoms. The maximum Gasteiger partial charge on any atom is 0.306 e. The number of halogens is 1. The lowest BCUT2D eigenvalue weighted by Crippen LogP contribution is -2.37. The number of hydrogen-bond donors (Lipinski definition) is 1. The van der Waals surface area contributed by atoms with Gasteiger partial charge in [0, 0.05) is 30.7 Å². The van der Waals surface area contributed by atoms with E-state index in [1.54, 1.807) is 0 Å². The molecule has 20 heavy (non-hydrogen) atoms. The van der Waals surface area contributed by atoms with Crippen molar-refractivity contribution >= 4 is 17.6 Å². The van der Waals surface area contributed by atoms with Crippen LogP contribution in [-0.2, 0) is 16.1 Å². The summed E-state index contributed by atoms with van der Waals surface area (Å²) in [5.41, 5.74) is 1.21. The minimum absolute atomic E-state index is 0.155. The number of nitrogens with zero attached hydrogens (tertiary/aromatic N) is 1. The Morgan fingerprint density at radius 3 is 2.80 bits per heavy atom. The van der Waals surface area contributed by atoms with E-state index >= 15 is 0 Å². The van der Waals surface area contributed by atoms with Crippen molar-refractivity contribution in [3.05, 3.63) is 34.9 Å². The molecule has 1 fully saturated rings. The summed E-state index contributed by atoms with van der Waals surface area (Å²) in [4.78, 5) is 13.7. The topological polar surface area (TPSA) is 41.6 Å². The lowest BCUT2D eigenvalue weighted by atomic mass is 10.1. The summed E-state index contributed by atoms with van der Waals surface area (Å²) in [5.74, 6) is -0.155. The number of carbonyl (C=O) groups excluding carboxylic acids is 1. The molecule has 1 aliphatic heterocycles. The van der Waals surface area contributed by atoms with E-state index in [9.17, 15) is 4.79 Å². The van der Waals surface area contributed by atoms with E-state index in [4.69, 9.17) is 16.3 Å². The number of carbonyl (C=O) groups is 1. The first-order valence-electron chi connectivity index (χ1n) is 6.95. The van der Waals surface area contributed by atoms with Crippen LogP contribution in [0.2, 0.25) is 5.02 Å². The van der Waals surface area contributed by atoms with Crippen LogP contribution in [0.1, 0.15) is 18.4 Å². The zero-order valence-corrected chi connectivity index (χ0v) is 12.5. The van der Waals surface area contributed by atoms with Crippen molar-refractivity contribution < 1.29 is 9.53 Å². The van der Waals surface area contributed by atoms with Gasteiger partial charge in [-0.05, 0) is 30.7 Å². The molecule has 4 nitrogen and oxygen atoms in total. The molecule has 0 amide bonds. The van der Waals surface area contributed by atoms with Gasteiger partial charge in [-0.1, -0.05) is 23.7 Å². The van der Waals surface area contributed by atoms with Gasteiger partial charge in [0.05, 0.1) is 13.5 Å². The van der Waals surface area contributed by atoms with Gasteiger partial charge in [-0.25, -0.2) is 0 Å². The largest absolute Gasteiger partial charge is 0.469 e. The van der Waals surface area contributed by atoms with Crippen LogP contribution in [0.4, 0.5) is 0 Å².